The number of unbranched alkanes of at least 4 members (excludes halogenated alkanes) is 1. The van der Waals surface area contributed by atoms with Crippen molar-refractivity contribution in [3.63, 3.8) is 0 Å². The minimum Gasteiger partial charge on any atom is -0.462 e. The van der Waals surface area contributed by atoms with E-state index in [9.17, 15) is 4.79 Å². The molecule has 0 aliphatic heterocycles. The Kier molecular flexibility index (Phi) is 4.46. The van der Waals surface area contributed by atoms with Gasteiger partial charge in [-0.15, -0.1) is 5.10 Å². The van der Waals surface area contributed by atoms with Crippen LogP contribution in [0, 0.1) is 0 Å². The molecule has 0 unspecified atom stereocenters. The Balaban J connectivity index is 1.62. The van der Waals surface area contributed by atoms with Gasteiger partial charge in [0.15, 0.2) is 0 Å². The molecule has 0 aliphatic rings. The van der Waals surface area contributed by atoms with Crippen LogP contribution in [-0.2, 0) is 11.2 Å². The van der Waals surface area contributed by atoms with Crippen molar-refractivity contribution in [2.45, 2.75) is 19.3 Å². The monoisotopic (exact) mass is 245 g/mol. The lowest BCUT2D eigenvalue weighted by Crippen LogP contribution is -2.06. The first kappa shape index (κ1) is 12.3. The molecule has 2 rings (SSSR count). The molecule has 0 radical (unpaired) electrons. The third kappa shape index (κ3) is 3.69. The van der Waals surface area contributed by atoms with Gasteiger partial charge in [-0.1, -0.05) is 23.4 Å². The van der Waals surface area contributed by atoms with Crippen LogP contribution in [0.2, 0.25) is 0 Å². The molecule has 0 atom stereocenters. The first-order valence-corrected chi connectivity index (χ1v) is 5.94. The fourth-order valence-electron chi connectivity index (χ4n) is 1.58. The van der Waals surface area contributed by atoms with Crippen LogP contribution in [0.15, 0.2) is 36.5 Å². The number of hydrogen-bond acceptors (Lipinski definition) is 4. The molecule has 1 heterocycles. The Morgan fingerprint density at radius 3 is 2.78 bits per heavy atom. The molecule has 1 aromatic carbocycles. The Hall–Kier alpha value is -2.17. The average Bonchev–Trinajstić information content (AvgIpc) is 2.92. The fraction of sp³-hybridized carbons (Fsp3) is 0.308. The van der Waals surface area contributed by atoms with E-state index in [-0.39, 0.29) is 5.97 Å². The molecule has 0 fully saturated rings. The number of carbonyl (C=O) groups excluding carboxylic acids is 1. The quantitative estimate of drug-likeness (QED) is 0.624. The highest BCUT2D eigenvalue weighted by molar-refractivity contribution is 5.89. The van der Waals surface area contributed by atoms with Crippen LogP contribution in [0.3, 0.4) is 0 Å². The van der Waals surface area contributed by atoms with E-state index in [1.165, 1.54) is 0 Å². The van der Waals surface area contributed by atoms with Gasteiger partial charge >= 0.3 is 5.97 Å². The number of H-pyrrole nitrogens is 1. The number of aromatic nitrogens is 3. The van der Waals surface area contributed by atoms with Crippen LogP contribution in [0.4, 0.5) is 0 Å². The van der Waals surface area contributed by atoms with Crippen molar-refractivity contribution in [1.29, 1.82) is 0 Å². The number of esters is 1. The van der Waals surface area contributed by atoms with E-state index in [0.717, 1.165) is 25.0 Å². The number of hydrogen-bond donors (Lipinski definition) is 1. The number of nitrogens with one attached hydrogen (secondary N) is 1. The molecule has 1 N–H and O–H groups in total. The largest absolute Gasteiger partial charge is 0.462 e. The number of rotatable bonds is 6. The molecule has 94 valence electrons. The first-order chi connectivity index (χ1) is 8.86. The molecule has 0 bridgehead atoms. The van der Waals surface area contributed by atoms with E-state index in [2.05, 4.69) is 15.4 Å². The molecule has 0 spiro atoms. The second-order valence-electron chi connectivity index (χ2n) is 3.92. The molecule has 1 aromatic heterocycles. The summed E-state index contributed by atoms with van der Waals surface area (Å²) >= 11 is 0. The van der Waals surface area contributed by atoms with E-state index in [1.54, 1.807) is 18.3 Å². The molecule has 0 amide bonds. The van der Waals surface area contributed by atoms with Gasteiger partial charge in [0.25, 0.3) is 0 Å². The van der Waals surface area contributed by atoms with Crippen LogP contribution < -0.4 is 0 Å². The van der Waals surface area contributed by atoms with E-state index in [0.29, 0.717) is 12.2 Å². The summed E-state index contributed by atoms with van der Waals surface area (Å²) in [4.78, 5) is 11.6. The number of carbonyl (C=O) groups is 1. The molecule has 5 nitrogen and oxygen atoms in total. The van der Waals surface area contributed by atoms with Gasteiger partial charge in [0, 0.05) is 6.20 Å². The maximum absolute atomic E-state index is 11.6. The smallest absolute Gasteiger partial charge is 0.338 e. The van der Waals surface area contributed by atoms with Gasteiger partial charge in [-0.25, -0.2) is 4.79 Å². The van der Waals surface area contributed by atoms with Gasteiger partial charge in [0.2, 0.25) is 0 Å². The van der Waals surface area contributed by atoms with Crippen LogP contribution in [0.5, 0.6) is 0 Å². The highest BCUT2D eigenvalue weighted by Crippen LogP contribution is 2.03. The second kappa shape index (κ2) is 6.54. The zero-order chi connectivity index (χ0) is 12.6. The van der Waals surface area contributed by atoms with Crippen molar-refractivity contribution >= 4 is 5.97 Å². The van der Waals surface area contributed by atoms with E-state index in [4.69, 9.17) is 4.74 Å². The number of aromatic amines is 1. The molecule has 0 aliphatic carbocycles. The zero-order valence-electron chi connectivity index (χ0n) is 10.0. The number of benzene rings is 1. The molecule has 5 heteroatoms. The molecule has 0 saturated carbocycles. The number of aryl methyl sites for hydroxylation is 1. The van der Waals surface area contributed by atoms with Crippen molar-refractivity contribution < 1.29 is 9.53 Å². The molecular formula is C13H15N3O2. The van der Waals surface area contributed by atoms with Crippen molar-refractivity contribution in [3.05, 3.63) is 47.8 Å². The summed E-state index contributed by atoms with van der Waals surface area (Å²) in [6.07, 6.45) is 4.37. The highest BCUT2D eigenvalue weighted by Gasteiger charge is 2.05. The maximum Gasteiger partial charge on any atom is 0.338 e. The van der Waals surface area contributed by atoms with Gasteiger partial charge in [-0.2, -0.15) is 0 Å². The van der Waals surface area contributed by atoms with Crippen LogP contribution >= 0.6 is 0 Å². The lowest BCUT2D eigenvalue weighted by molar-refractivity contribution is 0.0498. The Bertz CT molecular complexity index is 468. The highest BCUT2D eigenvalue weighted by atomic mass is 16.5. The summed E-state index contributed by atoms with van der Waals surface area (Å²) in [6.45, 7) is 0.436. The predicted octanol–water partition coefficient (Wildman–Crippen LogP) is 1.98. The molecule has 2 aromatic rings. The maximum atomic E-state index is 11.6. The molecular weight excluding hydrogens is 230 g/mol. The van der Waals surface area contributed by atoms with Gasteiger partial charge in [0.1, 0.15) is 0 Å². The van der Waals surface area contributed by atoms with Gasteiger partial charge in [-0.3, -0.25) is 5.10 Å². The van der Waals surface area contributed by atoms with Crippen LogP contribution in [-0.4, -0.2) is 28.0 Å². The third-order valence-corrected chi connectivity index (χ3v) is 2.54. The minimum atomic E-state index is -0.267. The summed E-state index contributed by atoms with van der Waals surface area (Å²) in [5.41, 5.74) is 1.53. The van der Waals surface area contributed by atoms with Gasteiger partial charge in [-0.05, 0) is 31.4 Å². The van der Waals surface area contributed by atoms with Gasteiger partial charge < -0.3 is 4.74 Å². The Labute approximate surface area is 105 Å². The summed E-state index contributed by atoms with van der Waals surface area (Å²) in [6, 6.07) is 9.01. The Morgan fingerprint density at radius 2 is 2.06 bits per heavy atom. The van der Waals surface area contributed by atoms with Crippen molar-refractivity contribution in [2.24, 2.45) is 0 Å². The summed E-state index contributed by atoms with van der Waals surface area (Å²) in [5, 5.41) is 10.2. The number of nitrogens with zero attached hydrogens (tertiary/aromatic N) is 2. The van der Waals surface area contributed by atoms with Crippen molar-refractivity contribution in [2.75, 3.05) is 6.61 Å². The lowest BCUT2D eigenvalue weighted by Gasteiger charge is -2.03. The van der Waals surface area contributed by atoms with E-state index >= 15 is 0 Å². The van der Waals surface area contributed by atoms with Gasteiger partial charge in [0.05, 0.1) is 17.9 Å². The minimum absolute atomic E-state index is 0.267. The van der Waals surface area contributed by atoms with E-state index < -0.39 is 0 Å². The van der Waals surface area contributed by atoms with Crippen molar-refractivity contribution in [1.82, 2.24) is 15.4 Å². The lowest BCUT2D eigenvalue weighted by atomic mass is 10.2. The normalized spacial score (nSPS) is 10.2. The standard InChI is InChI=1S/C13H15N3O2/c17-13(11-6-2-1-3-7-11)18-9-5-4-8-12-10-14-16-15-12/h1-3,6-7,10H,4-5,8-9H2,(H,14,15,16). The topological polar surface area (TPSA) is 67.9 Å². The summed E-state index contributed by atoms with van der Waals surface area (Å²) in [7, 11) is 0. The summed E-state index contributed by atoms with van der Waals surface area (Å²) in [5.74, 6) is -0.267. The Morgan fingerprint density at radius 1 is 1.22 bits per heavy atom. The molecule has 18 heavy (non-hydrogen) atoms. The SMILES string of the molecule is O=C(OCCCCc1c[nH]nn1)c1ccccc1. The third-order valence-electron chi connectivity index (χ3n) is 2.54. The van der Waals surface area contributed by atoms with Crippen LogP contribution in [0.1, 0.15) is 28.9 Å². The van der Waals surface area contributed by atoms with E-state index in [1.807, 2.05) is 18.2 Å². The number of ether oxygens (including phenoxy) is 1. The molecule has 0 saturated heterocycles. The average molecular weight is 245 g/mol. The first-order valence-electron chi connectivity index (χ1n) is 5.94. The summed E-state index contributed by atoms with van der Waals surface area (Å²) < 4.78 is 5.16. The second-order valence-corrected chi connectivity index (χ2v) is 3.92. The van der Waals surface area contributed by atoms with Crippen LogP contribution in [0.25, 0.3) is 0 Å². The van der Waals surface area contributed by atoms with Crippen molar-refractivity contribution in [3.8, 4) is 0 Å². The predicted molar refractivity (Wildman–Crippen MR) is 66.0 cm³/mol. The zero-order valence-corrected chi connectivity index (χ0v) is 10.0. The fourth-order valence-corrected chi connectivity index (χ4v) is 1.58.